The summed E-state index contributed by atoms with van der Waals surface area (Å²) in [4.78, 5) is 7.27. The highest BCUT2D eigenvalue weighted by Gasteiger charge is 2.20. The van der Waals surface area contributed by atoms with Crippen LogP contribution in [0.3, 0.4) is 0 Å². The number of hydrogen-bond donors (Lipinski definition) is 2. The van der Waals surface area contributed by atoms with E-state index < -0.39 is 0 Å². The number of guanidine groups is 1. The van der Waals surface area contributed by atoms with E-state index in [1.165, 1.54) is 16.0 Å². The molecular formula is C22H28N4OS. The quantitative estimate of drug-likeness (QED) is 0.492. The summed E-state index contributed by atoms with van der Waals surface area (Å²) in [6, 6.07) is 13.0. The van der Waals surface area contributed by atoms with Crippen LogP contribution >= 0.6 is 11.3 Å². The Balaban J connectivity index is 1.39. The van der Waals surface area contributed by atoms with Gasteiger partial charge in [-0.1, -0.05) is 18.2 Å². The lowest BCUT2D eigenvalue weighted by molar-refractivity contribution is 0.462. The number of furan rings is 1. The van der Waals surface area contributed by atoms with Crippen molar-refractivity contribution in [1.29, 1.82) is 0 Å². The highest BCUT2D eigenvalue weighted by Crippen LogP contribution is 2.26. The molecule has 0 amide bonds. The van der Waals surface area contributed by atoms with Crippen LogP contribution in [0.5, 0.6) is 0 Å². The van der Waals surface area contributed by atoms with Crippen LogP contribution < -0.4 is 15.5 Å². The molecule has 5 nitrogen and oxygen atoms in total. The van der Waals surface area contributed by atoms with Crippen molar-refractivity contribution in [2.45, 2.75) is 39.3 Å². The average Bonchev–Trinajstić information content (AvgIpc) is 3.36. The van der Waals surface area contributed by atoms with Gasteiger partial charge in [-0.2, -0.15) is 0 Å². The highest BCUT2D eigenvalue weighted by molar-refractivity contribution is 7.14. The highest BCUT2D eigenvalue weighted by atomic mass is 32.1. The summed E-state index contributed by atoms with van der Waals surface area (Å²) in [6.07, 6.45) is 2.23. The molecule has 1 aliphatic heterocycles. The van der Waals surface area contributed by atoms with E-state index in [0.29, 0.717) is 12.6 Å². The van der Waals surface area contributed by atoms with Gasteiger partial charge in [0.2, 0.25) is 0 Å². The first-order valence-electron chi connectivity index (χ1n) is 10.0. The van der Waals surface area contributed by atoms with Crippen LogP contribution in [-0.4, -0.2) is 31.6 Å². The molecule has 4 rings (SSSR count). The minimum Gasteiger partial charge on any atom is -0.459 e. The third-order valence-corrected chi connectivity index (χ3v) is 6.25. The number of hydrogen-bond acceptors (Lipinski definition) is 4. The van der Waals surface area contributed by atoms with Gasteiger partial charge in [0, 0.05) is 36.6 Å². The summed E-state index contributed by atoms with van der Waals surface area (Å²) in [5.41, 5.74) is 2.11. The summed E-state index contributed by atoms with van der Waals surface area (Å²) in [6.45, 7) is 7.77. The SMILES string of the molecule is CCNC(=NCc1oc2ccccc2c1C)NC1CCN(c2cccs2)CC1. The molecule has 1 fully saturated rings. The van der Waals surface area contributed by atoms with Crippen molar-refractivity contribution in [3.63, 3.8) is 0 Å². The molecule has 1 aromatic carbocycles. The van der Waals surface area contributed by atoms with Gasteiger partial charge >= 0.3 is 0 Å². The average molecular weight is 397 g/mol. The minimum atomic E-state index is 0.450. The Morgan fingerprint density at radius 2 is 2.04 bits per heavy atom. The van der Waals surface area contributed by atoms with Gasteiger partial charge in [0.25, 0.3) is 0 Å². The molecule has 0 spiro atoms. The number of piperidine rings is 1. The van der Waals surface area contributed by atoms with E-state index >= 15 is 0 Å². The molecular weight excluding hydrogens is 368 g/mol. The topological polar surface area (TPSA) is 52.8 Å². The molecule has 0 radical (unpaired) electrons. The molecule has 0 atom stereocenters. The largest absolute Gasteiger partial charge is 0.459 e. The molecule has 2 aromatic heterocycles. The van der Waals surface area contributed by atoms with Crippen LogP contribution in [0, 0.1) is 6.92 Å². The normalized spacial score (nSPS) is 15.9. The van der Waals surface area contributed by atoms with Gasteiger partial charge in [-0.05, 0) is 50.3 Å². The molecule has 2 N–H and O–H groups in total. The molecule has 3 heterocycles. The second kappa shape index (κ2) is 8.69. The molecule has 28 heavy (non-hydrogen) atoms. The zero-order valence-electron chi connectivity index (χ0n) is 16.6. The third-order valence-electron chi connectivity index (χ3n) is 5.32. The second-order valence-corrected chi connectivity index (χ2v) is 8.12. The molecule has 0 aliphatic carbocycles. The number of fused-ring (bicyclic) bond motifs is 1. The van der Waals surface area contributed by atoms with Gasteiger partial charge in [-0.3, -0.25) is 0 Å². The Kier molecular flexibility index (Phi) is 5.86. The van der Waals surface area contributed by atoms with Crippen LogP contribution in [0.1, 0.15) is 31.1 Å². The van der Waals surface area contributed by atoms with Crippen molar-refractivity contribution in [3.05, 3.63) is 53.1 Å². The van der Waals surface area contributed by atoms with Crippen molar-refractivity contribution < 1.29 is 4.42 Å². The Labute approximate surface area is 170 Å². The smallest absolute Gasteiger partial charge is 0.191 e. The minimum absolute atomic E-state index is 0.450. The Morgan fingerprint density at radius 3 is 2.75 bits per heavy atom. The summed E-state index contributed by atoms with van der Waals surface area (Å²) in [5.74, 6) is 1.81. The lowest BCUT2D eigenvalue weighted by Crippen LogP contribution is -2.48. The van der Waals surface area contributed by atoms with Crippen LogP contribution in [0.4, 0.5) is 5.00 Å². The lowest BCUT2D eigenvalue weighted by Gasteiger charge is -2.33. The molecule has 0 saturated carbocycles. The number of benzene rings is 1. The lowest BCUT2D eigenvalue weighted by atomic mass is 10.1. The van der Waals surface area contributed by atoms with Gasteiger partial charge in [0.1, 0.15) is 17.9 Å². The van der Waals surface area contributed by atoms with E-state index in [9.17, 15) is 0 Å². The monoisotopic (exact) mass is 396 g/mol. The first-order chi connectivity index (χ1) is 13.7. The fraction of sp³-hybridized carbons (Fsp3) is 0.409. The Bertz CT molecular complexity index is 923. The first kappa shape index (κ1) is 18.9. The summed E-state index contributed by atoms with van der Waals surface area (Å²) >= 11 is 1.82. The molecule has 148 valence electrons. The van der Waals surface area contributed by atoms with Crippen LogP contribution in [0.2, 0.25) is 0 Å². The maximum Gasteiger partial charge on any atom is 0.191 e. The summed E-state index contributed by atoms with van der Waals surface area (Å²) in [5, 5.41) is 11.7. The number of aryl methyl sites for hydroxylation is 1. The van der Waals surface area contributed by atoms with Crippen molar-refractivity contribution in [2.24, 2.45) is 4.99 Å². The van der Waals surface area contributed by atoms with E-state index in [-0.39, 0.29) is 0 Å². The van der Waals surface area contributed by atoms with E-state index in [0.717, 1.165) is 49.8 Å². The van der Waals surface area contributed by atoms with Crippen LogP contribution in [0.25, 0.3) is 11.0 Å². The number of anilines is 1. The molecule has 0 unspecified atom stereocenters. The predicted octanol–water partition coefficient (Wildman–Crippen LogP) is 4.53. The first-order valence-corrected chi connectivity index (χ1v) is 10.9. The zero-order chi connectivity index (χ0) is 19.3. The number of nitrogens with one attached hydrogen (secondary N) is 2. The Hall–Kier alpha value is -2.47. The van der Waals surface area contributed by atoms with Gasteiger partial charge in [-0.15, -0.1) is 11.3 Å². The van der Waals surface area contributed by atoms with Crippen molar-refractivity contribution in [2.75, 3.05) is 24.5 Å². The number of aliphatic imine (C=N–C) groups is 1. The number of para-hydroxylation sites is 1. The van der Waals surface area contributed by atoms with Crippen molar-refractivity contribution >= 4 is 33.3 Å². The van der Waals surface area contributed by atoms with Gasteiger partial charge in [0.05, 0.1) is 5.00 Å². The molecule has 0 bridgehead atoms. The molecule has 3 aromatic rings. The third kappa shape index (κ3) is 4.17. The summed E-state index contributed by atoms with van der Waals surface area (Å²) in [7, 11) is 0. The molecule has 1 saturated heterocycles. The second-order valence-electron chi connectivity index (χ2n) is 7.20. The van der Waals surface area contributed by atoms with E-state index in [2.05, 4.69) is 53.0 Å². The van der Waals surface area contributed by atoms with Crippen molar-refractivity contribution in [3.8, 4) is 0 Å². The van der Waals surface area contributed by atoms with Crippen LogP contribution in [-0.2, 0) is 6.54 Å². The van der Waals surface area contributed by atoms with Crippen molar-refractivity contribution in [1.82, 2.24) is 10.6 Å². The molecule has 1 aliphatic rings. The van der Waals surface area contributed by atoms with Gasteiger partial charge < -0.3 is 20.0 Å². The fourth-order valence-electron chi connectivity index (χ4n) is 3.73. The molecule has 6 heteroatoms. The maximum absolute atomic E-state index is 6.00. The van der Waals surface area contributed by atoms with Gasteiger partial charge in [-0.25, -0.2) is 4.99 Å². The number of nitrogens with zero attached hydrogens (tertiary/aromatic N) is 2. The fourth-order valence-corrected chi connectivity index (χ4v) is 4.52. The zero-order valence-corrected chi connectivity index (χ0v) is 17.4. The maximum atomic E-state index is 6.00. The summed E-state index contributed by atoms with van der Waals surface area (Å²) < 4.78 is 6.00. The van der Waals surface area contributed by atoms with E-state index in [1.54, 1.807) is 0 Å². The van der Waals surface area contributed by atoms with E-state index in [1.807, 2.05) is 29.5 Å². The standard InChI is InChI=1S/C22H28N4OS/c1-3-23-22(24-15-20-16(2)18-7-4-5-8-19(18)27-20)25-17-10-12-26(13-11-17)21-9-6-14-28-21/h4-9,14,17H,3,10-13,15H2,1-2H3,(H2,23,24,25). The van der Waals surface area contributed by atoms with E-state index in [4.69, 9.17) is 9.41 Å². The predicted molar refractivity (Wildman–Crippen MR) is 118 cm³/mol. The number of rotatable bonds is 5. The van der Waals surface area contributed by atoms with Gasteiger partial charge in [0.15, 0.2) is 5.96 Å². The number of thiophene rings is 1. The Morgan fingerprint density at radius 1 is 1.21 bits per heavy atom. The van der Waals surface area contributed by atoms with Crippen LogP contribution in [0.15, 0.2) is 51.2 Å².